The Kier molecular flexibility index (Phi) is 5.02. The first-order valence-electron chi connectivity index (χ1n) is 8.54. The Balaban J connectivity index is 1.92. The monoisotopic (exact) mass is 481 g/mol. The van der Waals surface area contributed by atoms with Gasteiger partial charge < -0.3 is 5.11 Å². The molecule has 0 radical (unpaired) electrons. The van der Waals surface area contributed by atoms with Crippen molar-refractivity contribution in [2.24, 2.45) is 0 Å². The Morgan fingerprint density at radius 1 is 1.07 bits per heavy atom. The van der Waals surface area contributed by atoms with E-state index in [0.717, 1.165) is 29.2 Å². The summed E-state index contributed by atoms with van der Waals surface area (Å²) in [6.07, 6.45) is 0.993. The van der Waals surface area contributed by atoms with Gasteiger partial charge in [0.2, 0.25) is 0 Å². The molecule has 6 nitrogen and oxygen atoms in total. The van der Waals surface area contributed by atoms with Crippen LogP contribution in [-0.2, 0) is 18.1 Å². The van der Waals surface area contributed by atoms with Crippen LogP contribution in [0.25, 0.3) is 10.9 Å². The third-order valence-corrected chi connectivity index (χ3v) is 5.31. The summed E-state index contributed by atoms with van der Waals surface area (Å²) in [4.78, 5) is 4.00. The van der Waals surface area contributed by atoms with Crippen molar-refractivity contribution >= 4 is 26.8 Å². The summed E-state index contributed by atoms with van der Waals surface area (Å²) in [5.74, 6) is -6.43. The number of pyridine rings is 1. The molecule has 0 aliphatic rings. The molecule has 0 amide bonds. The van der Waals surface area contributed by atoms with Gasteiger partial charge in [-0.15, -0.1) is 5.10 Å². The Hall–Kier alpha value is -2.92. The highest BCUT2D eigenvalue weighted by Crippen LogP contribution is 2.47. The summed E-state index contributed by atoms with van der Waals surface area (Å²) in [5.41, 5.74) is -4.57. The van der Waals surface area contributed by atoms with Crippen LogP contribution in [-0.4, -0.2) is 30.3 Å². The maximum absolute atomic E-state index is 15.8. The van der Waals surface area contributed by atoms with Gasteiger partial charge in [0.25, 0.3) is 0 Å². The fourth-order valence-electron chi connectivity index (χ4n) is 3.16. The molecule has 11 heteroatoms. The van der Waals surface area contributed by atoms with Gasteiger partial charge in [-0.1, -0.05) is 18.2 Å². The lowest BCUT2D eigenvalue weighted by Gasteiger charge is -2.35. The number of rotatable bonds is 5. The number of alkyl halides is 2. The van der Waals surface area contributed by atoms with Gasteiger partial charge in [0, 0.05) is 21.5 Å². The second-order valence-corrected chi connectivity index (χ2v) is 7.43. The van der Waals surface area contributed by atoms with Crippen LogP contribution in [0.1, 0.15) is 11.3 Å². The predicted octanol–water partition coefficient (Wildman–Crippen LogP) is 3.94. The summed E-state index contributed by atoms with van der Waals surface area (Å²) in [6.45, 7) is -0.911. The predicted molar refractivity (Wildman–Crippen MR) is 101 cm³/mol. The number of hydrogen-bond donors (Lipinski definition) is 1. The molecule has 2 aromatic heterocycles. The normalized spacial score (nSPS) is 14.1. The van der Waals surface area contributed by atoms with Crippen LogP contribution in [0.15, 0.2) is 59.3 Å². The Morgan fingerprint density at radius 3 is 2.57 bits per heavy atom. The number of aromatic nitrogens is 5. The van der Waals surface area contributed by atoms with Gasteiger partial charge in [-0.05, 0) is 50.6 Å². The maximum atomic E-state index is 15.8. The molecule has 0 bridgehead atoms. The van der Waals surface area contributed by atoms with Crippen molar-refractivity contribution in [2.45, 2.75) is 18.1 Å². The van der Waals surface area contributed by atoms with Gasteiger partial charge >= 0.3 is 5.92 Å². The SMILES string of the molecule is OC(Cn1cnnn1)(c1ccc(F)cc1F)C(F)(F)c1ccc2cccc(Br)c2n1. The van der Waals surface area contributed by atoms with E-state index in [1.807, 2.05) is 0 Å². The quantitative estimate of drug-likeness (QED) is 0.437. The Labute approximate surface area is 175 Å². The number of fused-ring (bicyclic) bond motifs is 1. The molecule has 1 atom stereocenters. The van der Waals surface area contributed by atoms with Gasteiger partial charge in [-0.2, -0.15) is 8.78 Å². The molecule has 2 aromatic carbocycles. The largest absolute Gasteiger partial charge is 0.377 e. The van der Waals surface area contributed by atoms with Crippen LogP contribution in [0.4, 0.5) is 17.6 Å². The topological polar surface area (TPSA) is 76.7 Å². The number of nitrogens with zero attached hydrogens (tertiary/aromatic N) is 5. The molecule has 1 N–H and O–H groups in total. The molecule has 2 heterocycles. The van der Waals surface area contributed by atoms with Gasteiger partial charge in [-0.25, -0.2) is 18.4 Å². The molecule has 1 unspecified atom stereocenters. The molecule has 154 valence electrons. The zero-order valence-corrected chi connectivity index (χ0v) is 16.6. The number of benzene rings is 2. The van der Waals surface area contributed by atoms with E-state index in [0.29, 0.717) is 15.9 Å². The molecule has 0 aliphatic heterocycles. The first kappa shape index (κ1) is 20.4. The minimum absolute atomic E-state index is 0.235. The maximum Gasteiger partial charge on any atom is 0.323 e. The zero-order valence-electron chi connectivity index (χ0n) is 15.0. The average Bonchev–Trinajstić information content (AvgIpc) is 3.20. The zero-order chi connectivity index (χ0) is 21.5. The standard InChI is InChI=1S/C19H12BrF4N5O/c20-14-3-1-2-11-4-7-16(26-17(11)14)19(23,24)18(30,9-29-10-25-27-28-29)13-6-5-12(21)8-15(13)22/h1-8,10,30H,9H2. The van der Waals surface area contributed by atoms with Crippen molar-refractivity contribution in [1.29, 1.82) is 0 Å². The van der Waals surface area contributed by atoms with Crippen LogP contribution >= 0.6 is 15.9 Å². The van der Waals surface area contributed by atoms with Crippen molar-refractivity contribution in [2.75, 3.05) is 0 Å². The summed E-state index contributed by atoms with van der Waals surface area (Å²) in [6, 6.07) is 9.44. The van der Waals surface area contributed by atoms with Crippen molar-refractivity contribution in [3.05, 3.63) is 82.2 Å². The molecule has 0 saturated carbocycles. The molecular formula is C19H12BrF4N5O. The van der Waals surface area contributed by atoms with Gasteiger partial charge in [-0.3, -0.25) is 0 Å². The highest BCUT2D eigenvalue weighted by molar-refractivity contribution is 9.10. The minimum atomic E-state index is -4.11. The Bertz CT molecular complexity index is 1220. The molecule has 4 rings (SSSR count). The van der Waals surface area contributed by atoms with Crippen LogP contribution in [0.5, 0.6) is 0 Å². The second-order valence-electron chi connectivity index (χ2n) is 6.57. The highest BCUT2D eigenvalue weighted by Gasteiger charge is 2.58. The van der Waals surface area contributed by atoms with E-state index >= 15 is 8.78 Å². The van der Waals surface area contributed by atoms with E-state index in [4.69, 9.17) is 0 Å². The Morgan fingerprint density at radius 2 is 1.87 bits per heavy atom. The lowest BCUT2D eigenvalue weighted by molar-refractivity contribution is -0.207. The van der Waals surface area contributed by atoms with Crippen molar-refractivity contribution in [3.8, 4) is 0 Å². The third kappa shape index (κ3) is 3.33. The smallest absolute Gasteiger partial charge is 0.323 e. The van der Waals surface area contributed by atoms with E-state index in [9.17, 15) is 13.9 Å². The van der Waals surface area contributed by atoms with Crippen molar-refractivity contribution in [3.63, 3.8) is 0 Å². The molecule has 4 aromatic rings. The number of halogens is 5. The molecule has 0 saturated heterocycles. The number of tetrazole rings is 1. The minimum Gasteiger partial charge on any atom is -0.377 e. The first-order chi connectivity index (χ1) is 14.2. The highest BCUT2D eigenvalue weighted by atomic mass is 79.9. The molecule has 30 heavy (non-hydrogen) atoms. The van der Waals surface area contributed by atoms with Crippen LogP contribution < -0.4 is 0 Å². The molecule has 0 fully saturated rings. The van der Waals surface area contributed by atoms with E-state index in [-0.39, 0.29) is 5.52 Å². The van der Waals surface area contributed by atoms with Crippen LogP contribution in [0, 0.1) is 11.6 Å². The molecular weight excluding hydrogens is 470 g/mol. The van der Waals surface area contributed by atoms with Gasteiger partial charge in [0.15, 0.2) is 5.60 Å². The average molecular weight is 482 g/mol. The van der Waals surface area contributed by atoms with Crippen LogP contribution in [0.3, 0.4) is 0 Å². The summed E-state index contributed by atoms with van der Waals surface area (Å²) < 4.78 is 60.7. The fourth-order valence-corrected chi connectivity index (χ4v) is 3.63. The van der Waals surface area contributed by atoms with Crippen molar-refractivity contribution in [1.82, 2.24) is 25.2 Å². The summed E-state index contributed by atoms with van der Waals surface area (Å²) in [5, 5.41) is 21.9. The summed E-state index contributed by atoms with van der Waals surface area (Å²) in [7, 11) is 0. The van der Waals surface area contributed by atoms with Gasteiger partial charge in [0.05, 0.1) is 12.1 Å². The lowest BCUT2D eigenvalue weighted by atomic mass is 9.84. The lowest BCUT2D eigenvalue weighted by Crippen LogP contribution is -2.48. The number of hydrogen-bond acceptors (Lipinski definition) is 5. The first-order valence-corrected chi connectivity index (χ1v) is 9.34. The number of aliphatic hydroxyl groups is 1. The molecule has 0 aliphatic carbocycles. The van der Waals surface area contributed by atoms with Crippen LogP contribution in [0.2, 0.25) is 0 Å². The summed E-state index contributed by atoms with van der Waals surface area (Å²) >= 11 is 3.26. The second kappa shape index (κ2) is 7.40. The molecule has 0 spiro atoms. The number of para-hydroxylation sites is 1. The van der Waals surface area contributed by atoms with E-state index < -0.39 is 41.0 Å². The van der Waals surface area contributed by atoms with E-state index in [1.54, 1.807) is 18.2 Å². The fraction of sp³-hybridized carbons (Fsp3) is 0.158. The van der Waals surface area contributed by atoms with E-state index in [2.05, 4.69) is 36.4 Å². The third-order valence-electron chi connectivity index (χ3n) is 4.67. The van der Waals surface area contributed by atoms with E-state index in [1.165, 1.54) is 6.07 Å². The van der Waals surface area contributed by atoms with Gasteiger partial charge in [0.1, 0.15) is 23.7 Å². The van der Waals surface area contributed by atoms with Crippen molar-refractivity contribution < 1.29 is 22.7 Å².